The number of benzene rings is 1. The van der Waals surface area contributed by atoms with E-state index in [0.29, 0.717) is 50.8 Å². The number of hydrogen-bond donors (Lipinski definition) is 0. The number of para-hydroxylation sites is 1. The van der Waals surface area contributed by atoms with Crippen molar-refractivity contribution in [3.05, 3.63) is 59.9 Å². The molecule has 2 aliphatic rings. The molecular weight excluding hydrogens is 356 g/mol. The summed E-state index contributed by atoms with van der Waals surface area (Å²) in [5.74, 6) is -0.267. The van der Waals surface area contributed by atoms with E-state index in [-0.39, 0.29) is 11.8 Å². The molecule has 0 N–H and O–H groups in total. The highest BCUT2D eigenvalue weighted by atomic mass is 16.5. The summed E-state index contributed by atoms with van der Waals surface area (Å²) in [6, 6.07) is 15.3. The molecule has 0 aliphatic carbocycles. The summed E-state index contributed by atoms with van der Waals surface area (Å²) in [4.78, 5) is 35.7. The zero-order valence-corrected chi connectivity index (χ0v) is 15.8. The molecule has 7 nitrogen and oxygen atoms in total. The van der Waals surface area contributed by atoms with Crippen LogP contribution in [0.3, 0.4) is 0 Å². The molecule has 0 unspecified atom stereocenters. The summed E-state index contributed by atoms with van der Waals surface area (Å²) in [6.07, 6.45) is 0. The number of nitrogens with zero attached hydrogens (tertiary/aromatic N) is 4. The number of pyridine rings is 1. The van der Waals surface area contributed by atoms with E-state index < -0.39 is 0 Å². The lowest BCUT2D eigenvalue weighted by Gasteiger charge is -2.36. The van der Waals surface area contributed by atoms with Gasteiger partial charge in [0, 0.05) is 45.0 Å². The van der Waals surface area contributed by atoms with Crippen LogP contribution in [0, 0.1) is 0 Å². The van der Waals surface area contributed by atoms with E-state index in [1.807, 2.05) is 23.1 Å². The number of hydrogen-bond acceptors (Lipinski definition) is 5. The van der Waals surface area contributed by atoms with Crippen molar-refractivity contribution in [1.82, 2.24) is 14.8 Å². The highest BCUT2D eigenvalue weighted by Crippen LogP contribution is 2.17. The maximum absolute atomic E-state index is 12.9. The fraction of sp³-hybridized carbons (Fsp3) is 0.381. The number of carbonyl (C=O) groups is 2. The van der Waals surface area contributed by atoms with E-state index in [0.717, 1.165) is 13.1 Å². The van der Waals surface area contributed by atoms with E-state index >= 15 is 0 Å². The Bertz CT molecular complexity index is 829. The monoisotopic (exact) mass is 380 g/mol. The summed E-state index contributed by atoms with van der Waals surface area (Å²) >= 11 is 0. The van der Waals surface area contributed by atoms with E-state index in [4.69, 9.17) is 4.74 Å². The first-order valence-corrected chi connectivity index (χ1v) is 9.66. The van der Waals surface area contributed by atoms with Crippen LogP contribution in [0.5, 0.6) is 0 Å². The smallest absolute Gasteiger partial charge is 0.272 e. The van der Waals surface area contributed by atoms with Crippen LogP contribution in [0.1, 0.15) is 21.0 Å². The normalized spacial score (nSPS) is 17.5. The third kappa shape index (κ3) is 3.99. The Morgan fingerprint density at radius 1 is 0.714 bits per heavy atom. The molecule has 0 atom stereocenters. The van der Waals surface area contributed by atoms with Crippen molar-refractivity contribution in [2.45, 2.75) is 0 Å². The molecule has 2 aromatic rings. The predicted octanol–water partition coefficient (Wildman–Crippen LogP) is 1.52. The standard InChI is InChI=1S/C21H24N4O3/c26-20(24-11-9-23(10-12-24)17-5-2-1-3-6-17)18-7-4-8-19(22-18)21(27)25-13-15-28-16-14-25/h1-8H,9-16H2. The molecule has 1 aromatic carbocycles. The molecule has 3 heterocycles. The van der Waals surface area contributed by atoms with Gasteiger partial charge in [-0.1, -0.05) is 24.3 Å². The van der Waals surface area contributed by atoms with Crippen LogP contribution in [0.4, 0.5) is 5.69 Å². The number of carbonyl (C=O) groups excluding carboxylic acids is 2. The van der Waals surface area contributed by atoms with Crippen molar-refractivity contribution in [1.29, 1.82) is 0 Å². The molecule has 7 heteroatoms. The van der Waals surface area contributed by atoms with Crippen LogP contribution in [-0.2, 0) is 4.74 Å². The molecule has 2 aliphatic heterocycles. The zero-order valence-electron chi connectivity index (χ0n) is 15.8. The maximum Gasteiger partial charge on any atom is 0.272 e. The molecule has 4 rings (SSSR count). The van der Waals surface area contributed by atoms with Gasteiger partial charge in [0.05, 0.1) is 13.2 Å². The van der Waals surface area contributed by atoms with E-state index in [1.54, 1.807) is 23.1 Å². The van der Waals surface area contributed by atoms with Gasteiger partial charge in [-0.15, -0.1) is 0 Å². The molecule has 28 heavy (non-hydrogen) atoms. The second kappa shape index (κ2) is 8.39. The number of ether oxygens (including phenoxy) is 1. The van der Waals surface area contributed by atoms with Gasteiger partial charge in [0.25, 0.3) is 11.8 Å². The number of morpholine rings is 1. The third-order valence-corrected chi connectivity index (χ3v) is 5.17. The minimum Gasteiger partial charge on any atom is -0.378 e. The SMILES string of the molecule is O=C(c1cccc(C(=O)N2CCN(c3ccccc3)CC2)n1)N1CCOCC1. The second-order valence-electron chi connectivity index (χ2n) is 6.93. The van der Waals surface area contributed by atoms with Crippen molar-refractivity contribution in [3.63, 3.8) is 0 Å². The fourth-order valence-corrected chi connectivity index (χ4v) is 3.57. The quantitative estimate of drug-likeness (QED) is 0.808. The molecular formula is C21H24N4O3. The molecule has 1 aromatic heterocycles. The van der Waals surface area contributed by atoms with E-state index in [2.05, 4.69) is 22.0 Å². The van der Waals surface area contributed by atoms with Crippen LogP contribution >= 0.6 is 0 Å². The Morgan fingerprint density at radius 2 is 1.29 bits per heavy atom. The Hall–Kier alpha value is -2.93. The van der Waals surface area contributed by atoms with Gasteiger partial charge in [0.15, 0.2) is 0 Å². The second-order valence-corrected chi connectivity index (χ2v) is 6.93. The average molecular weight is 380 g/mol. The van der Waals surface area contributed by atoms with Crippen molar-refractivity contribution in [2.75, 3.05) is 57.4 Å². The van der Waals surface area contributed by atoms with Crippen molar-refractivity contribution >= 4 is 17.5 Å². The molecule has 2 fully saturated rings. The Morgan fingerprint density at radius 3 is 1.89 bits per heavy atom. The van der Waals surface area contributed by atoms with Gasteiger partial charge in [-0.25, -0.2) is 4.98 Å². The summed E-state index contributed by atoms with van der Waals surface area (Å²) in [5.41, 5.74) is 1.81. The van der Waals surface area contributed by atoms with Crippen LogP contribution in [-0.4, -0.2) is 79.1 Å². The number of rotatable bonds is 3. The number of piperazine rings is 1. The van der Waals surface area contributed by atoms with E-state index in [1.165, 1.54) is 5.69 Å². The Balaban J connectivity index is 1.40. The summed E-state index contributed by atoms with van der Waals surface area (Å²) in [6.45, 7) is 5.02. The summed E-state index contributed by atoms with van der Waals surface area (Å²) < 4.78 is 5.29. The van der Waals surface area contributed by atoms with Gasteiger partial charge in [0.2, 0.25) is 0 Å². The lowest BCUT2D eigenvalue weighted by atomic mass is 10.2. The van der Waals surface area contributed by atoms with Crippen molar-refractivity contribution in [3.8, 4) is 0 Å². The minimum absolute atomic E-state index is 0.121. The first-order valence-electron chi connectivity index (χ1n) is 9.66. The van der Waals surface area contributed by atoms with Gasteiger partial charge in [-0.3, -0.25) is 9.59 Å². The molecule has 0 bridgehead atoms. The van der Waals surface area contributed by atoms with Crippen molar-refractivity contribution < 1.29 is 14.3 Å². The highest BCUT2D eigenvalue weighted by Gasteiger charge is 2.25. The molecule has 2 saturated heterocycles. The van der Waals surface area contributed by atoms with Crippen LogP contribution in [0.2, 0.25) is 0 Å². The van der Waals surface area contributed by atoms with Crippen LogP contribution in [0.25, 0.3) is 0 Å². The van der Waals surface area contributed by atoms with Crippen molar-refractivity contribution in [2.24, 2.45) is 0 Å². The zero-order chi connectivity index (χ0) is 19.3. The topological polar surface area (TPSA) is 66.0 Å². The summed E-state index contributed by atoms with van der Waals surface area (Å²) in [7, 11) is 0. The molecule has 0 saturated carbocycles. The lowest BCUT2D eigenvalue weighted by molar-refractivity contribution is 0.0299. The third-order valence-electron chi connectivity index (χ3n) is 5.17. The molecule has 2 amide bonds. The first-order chi connectivity index (χ1) is 13.7. The number of amides is 2. The Labute approximate surface area is 164 Å². The molecule has 146 valence electrons. The van der Waals surface area contributed by atoms with Gasteiger partial charge >= 0.3 is 0 Å². The lowest BCUT2D eigenvalue weighted by Crippen LogP contribution is -2.49. The first kappa shape index (κ1) is 18.4. The van der Waals surface area contributed by atoms with Crippen LogP contribution in [0.15, 0.2) is 48.5 Å². The average Bonchev–Trinajstić information content (AvgIpc) is 2.79. The molecule has 0 spiro atoms. The Kier molecular flexibility index (Phi) is 5.53. The largest absolute Gasteiger partial charge is 0.378 e. The van der Waals surface area contributed by atoms with Gasteiger partial charge in [-0.2, -0.15) is 0 Å². The van der Waals surface area contributed by atoms with Gasteiger partial charge in [-0.05, 0) is 24.3 Å². The number of aromatic nitrogens is 1. The molecule has 0 radical (unpaired) electrons. The highest BCUT2D eigenvalue weighted by molar-refractivity contribution is 5.96. The fourth-order valence-electron chi connectivity index (χ4n) is 3.57. The van der Waals surface area contributed by atoms with Gasteiger partial charge in [0.1, 0.15) is 11.4 Å². The minimum atomic E-state index is -0.146. The van der Waals surface area contributed by atoms with Gasteiger partial charge < -0.3 is 19.4 Å². The predicted molar refractivity (Wildman–Crippen MR) is 106 cm³/mol. The number of anilines is 1. The summed E-state index contributed by atoms with van der Waals surface area (Å²) in [5, 5.41) is 0. The van der Waals surface area contributed by atoms with Crippen LogP contribution < -0.4 is 4.90 Å². The van der Waals surface area contributed by atoms with E-state index in [9.17, 15) is 9.59 Å². The maximum atomic E-state index is 12.9.